The van der Waals surface area contributed by atoms with Crippen LogP contribution in [0.1, 0.15) is 22.8 Å². The average Bonchev–Trinajstić information content (AvgIpc) is 2.66. The predicted octanol–water partition coefficient (Wildman–Crippen LogP) is 3.91. The Balaban J connectivity index is 1.63. The number of carbonyl (C=O) groups excluding carboxylic acids is 3. The van der Waals surface area contributed by atoms with E-state index < -0.39 is 24.2 Å². The number of hydrogen-bond donors (Lipinski definition) is 1. The van der Waals surface area contributed by atoms with Crippen molar-refractivity contribution in [1.82, 2.24) is 0 Å². The van der Waals surface area contributed by atoms with E-state index in [1.807, 2.05) is 42.5 Å². The summed E-state index contributed by atoms with van der Waals surface area (Å²) in [6, 6.07) is 17.0. The first-order valence-electron chi connectivity index (χ1n) is 8.66. The highest BCUT2D eigenvalue weighted by molar-refractivity contribution is 5.99. The zero-order chi connectivity index (χ0) is 20.1. The van der Waals surface area contributed by atoms with Gasteiger partial charge in [-0.05, 0) is 34.5 Å². The molecule has 3 aromatic rings. The largest absolute Gasteiger partial charge is 0.457 e. The van der Waals surface area contributed by atoms with Crippen molar-refractivity contribution in [3.05, 3.63) is 77.6 Å². The van der Waals surface area contributed by atoms with Crippen molar-refractivity contribution >= 4 is 34.1 Å². The molecule has 0 spiro atoms. The van der Waals surface area contributed by atoms with Crippen LogP contribution in [0.4, 0.5) is 10.1 Å². The van der Waals surface area contributed by atoms with Gasteiger partial charge in [-0.15, -0.1) is 0 Å². The first kappa shape index (κ1) is 19.2. The smallest absolute Gasteiger partial charge is 0.310 e. The molecule has 0 aliphatic heterocycles. The minimum Gasteiger partial charge on any atom is -0.457 e. The van der Waals surface area contributed by atoms with Crippen molar-refractivity contribution in [2.75, 3.05) is 11.9 Å². The van der Waals surface area contributed by atoms with Crippen LogP contribution in [-0.2, 0) is 20.7 Å². The number of ether oxygens (including phenoxy) is 1. The normalized spacial score (nSPS) is 10.5. The highest BCUT2D eigenvalue weighted by atomic mass is 19.1. The predicted molar refractivity (Wildman–Crippen MR) is 104 cm³/mol. The summed E-state index contributed by atoms with van der Waals surface area (Å²) < 4.78 is 19.1. The standard InChI is InChI=1S/C22H18FNO4/c1-14(25)24-17-9-10-19(20(23)12-17)21(26)13-28-22(27)11-16-7-4-6-15-5-2-3-8-18(15)16/h2-10,12H,11,13H2,1H3,(H,24,25). The third-order valence-corrected chi connectivity index (χ3v) is 4.17. The van der Waals surface area contributed by atoms with Gasteiger partial charge in [-0.3, -0.25) is 14.4 Å². The van der Waals surface area contributed by atoms with Crippen LogP contribution in [-0.4, -0.2) is 24.3 Å². The maximum Gasteiger partial charge on any atom is 0.310 e. The van der Waals surface area contributed by atoms with Gasteiger partial charge in [-0.25, -0.2) is 4.39 Å². The molecule has 0 aliphatic rings. The number of Topliss-reactive ketones (excluding diaryl/α,β-unsaturated/α-hetero) is 1. The summed E-state index contributed by atoms with van der Waals surface area (Å²) in [4.78, 5) is 35.3. The minimum absolute atomic E-state index is 0.0125. The maximum atomic E-state index is 14.1. The molecule has 0 aliphatic carbocycles. The van der Waals surface area contributed by atoms with E-state index in [0.717, 1.165) is 22.4 Å². The Morgan fingerprint density at radius 1 is 1.00 bits per heavy atom. The van der Waals surface area contributed by atoms with Crippen molar-refractivity contribution in [3.8, 4) is 0 Å². The van der Waals surface area contributed by atoms with E-state index in [2.05, 4.69) is 5.32 Å². The molecule has 6 heteroatoms. The van der Waals surface area contributed by atoms with Gasteiger partial charge in [0.2, 0.25) is 11.7 Å². The SMILES string of the molecule is CC(=O)Nc1ccc(C(=O)COC(=O)Cc2cccc3ccccc23)c(F)c1. The molecule has 1 amide bonds. The van der Waals surface area contributed by atoms with Crippen LogP contribution in [0.15, 0.2) is 60.7 Å². The topological polar surface area (TPSA) is 72.5 Å². The fraction of sp³-hybridized carbons (Fsp3) is 0.136. The van der Waals surface area contributed by atoms with Gasteiger partial charge in [0.1, 0.15) is 5.82 Å². The molecule has 1 N–H and O–H groups in total. The average molecular weight is 379 g/mol. The molecule has 0 saturated heterocycles. The molecule has 0 radical (unpaired) electrons. The monoisotopic (exact) mass is 379 g/mol. The summed E-state index contributed by atoms with van der Waals surface area (Å²) in [6.45, 7) is 0.742. The van der Waals surface area contributed by atoms with Crippen molar-refractivity contribution in [2.24, 2.45) is 0 Å². The molecule has 0 atom stereocenters. The van der Waals surface area contributed by atoms with Crippen LogP contribution in [0.3, 0.4) is 0 Å². The Morgan fingerprint density at radius 2 is 1.75 bits per heavy atom. The number of rotatable bonds is 6. The zero-order valence-electron chi connectivity index (χ0n) is 15.2. The summed E-state index contributed by atoms with van der Waals surface area (Å²) in [5, 5.41) is 4.37. The summed E-state index contributed by atoms with van der Waals surface area (Å²) >= 11 is 0. The molecule has 0 aromatic heterocycles. The van der Waals surface area contributed by atoms with Gasteiger partial charge in [0, 0.05) is 12.6 Å². The van der Waals surface area contributed by atoms with Gasteiger partial charge in [0.25, 0.3) is 0 Å². The van der Waals surface area contributed by atoms with Gasteiger partial charge in [-0.1, -0.05) is 42.5 Å². The fourth-order valence-electron chi connectivity index (χ4n) is 2.90. The number of nitrogens with one attached hydrogen (secondary N) is 1. The van der Waals surface area contributed by atoms with Crippen molar-refractivity contribution < 1.29 is 23.5 Å². The Hall–Kier alpha value is -3.54. The van der Waals surface area contributed by atoms with Gasteiger partial charge in [-0.2, -0.15) is 0 Å². The third-order valence-electron chi connectivity index (χ3n) is 4.17. The summed E-state index contributed by atoms with van der Waals surface area (Å²) in [5.74, 6) is -2.36. The van der Waals surface area contributed by atoms with E-state index in [1.54, 1.807) is 0 Å². The second kappa shape index (κ2) is 8.43. The number of benzene rings is 3. The Kier molecular flexibility index (Phi) is 5.79. The number of amides is 1. The molecule has 0 unspecified atom stereocenters. The van der Waals surface area contributed by atoms with Crippen LogP contribution in [0.2, 0.25) is 0 Å². The molecule has 0 bridgehead atoms. The Labute approximate surface area is 161 Å². The van der Waals surface area contributed by atoms with Gasteiger partial charge < -0.3 is 10.1 Å². The quantitative estimate of drug-likeness (QED) is 0.521. The minimum atomic E-state index is -0.790. The number of anilines is 1. The zero-order valence-corrected chi connectivity index (χ0v) is 15.2. The van der Waals surface area contributed by atoms with Crippen molar-refractivity contribution in [2.45, 2.75) is 13.3 Å². The van der Waals surface area contributed by atoms with Gasteiger partial charge in [0.05, 0.1) is 12.0 Å². The van der Waals surface area contributed by atoms with Crippen molar-refractivity contribution in [3.63, 3.8) is 0 Å². The summed E-state index contributed by atoms with van der Waals surface area (Å²) in [6.07, 6.45) is 0.0125. The van der Waals surface area contributed by atoms with Crippen LogP contribution < -0.4 is 5.32 Å². The maximum absolute atomic E-state index is 14.1. The molecular weight excluding hydrogens is 361 g/mol. The number of hydrogen-bond acceptors (Lipinski definition) is 4. The third kappa shape index (κ3) is 4.59. The molecule has 142 valence electrons. The van der Waals surface area contributed by atoms with E-state index >= 15 is 0 Å². The van der Waals surface area contributed by atoms with E-state index in [9.17, 15) is 18.8 Å². The molecule has 28 heavy (non-hydrogen) atoms. The highest BCUT2D eigenvalue weighted by Crippen LogP contribution is 2.19. The van der Waals surface area contributed by atoms with E-state index in [1.165, 1.54) is 19.1 Å². The lowest BCUT2D eigenvalue weighted by molar-refractivity contribution is -0.141. The molecule has 5 nitrogen and oxygen atoms in total. The highest BCUT2D eigenvalue weighted by Gasteiger charge is 2.16. The first-order chi connectivity index (χ1) is 13.4. The summed E-state index contributed by atoms with van der Waals surface area (Å²) in [5.41, 5.74) is 0.836. The van der Waals surface area contributed by atoms with Crippen LogP contribution in [0.25, 0.3) is 10.8 Å². The van der Waals surface area contributed by atoms with Crippen molar-refractivity contribution in [1.29, 1.82) is 0 Å². The molecule has 0 heterocycles. The van der Waals surface area contributed by atoms with Crippen LogP contribution >= 0.6 is 0 Å². The lowest BCUT2D eigenvalue weighted by atomic mass is 10.0. The lowest BCUT2D eigenvalue weighted by Crippen LogP contribution is -2.17. The molecule has 0 fully saturated rings. The Morgan fingerprint density at radius 3 is 2.50 bits per heavy atom. The van der Waals surface area contributed by atoms with Crippen LogP contribution in [0.5, 0.6) is 0 Å². The molecule has 3 rings (SSSR count). The van der Waals surface area contributed by atoms with Gasteiger partial charge >= 0.3 is 5.97 Å². The number of carbonyl (C=O) groups is 3. The number of ketones is 1. The second-order valence-corrected chi connectivity index (χ2v) is 6.27. The second-order valence-electron chi connectivity index (χ2n) is 6.27. The first-order valence-corrected chi connectivity index (χ1v) is 8.66. The van der Waals surface area contributed by atoms with Gasteiger partial charge in [0.15, 0.2) is 6.61 Å². The Bertz CT molecular complexity index is 1060. The number of fused-ring (bicyclic) bond motifs is 1. The van der Waals surface area contributed by atoms with E-state index in [4.69, 9.17) is 4.74 Å². The molecule has 0 saturated carbocycles. The van der Waals surface area contributed by atoms with E-state index in [0.29, 0.717) is 0 Å². The number of esters is 1. The molecule has 3 aromatic carbocycles. The lowest BCUT2D eigenvalue weighted by Gasteiger charge is -2.08. The van der Waals surface area contributed by atoms with E-state index in [-0.39, 0.29) is 23.6 Å². The summed E-state index contributed by atoms with van der Waals surface area (Å²) in [7, 11) is 0. The fourth-order valence-corrected chi connectivity index (χ4v) is 2.90. The number of halogens is 1. The molecular formula is C22H18FNO4. The van der Waals surface area contributed by atoms with Crippen LogP contribution in [0, 0.1) is 5.82 Å².